The summed E-state index contributed by atoms with van der Waals surface area (Å²) in [5.74, 6) is -1.08. The summed E-state index contributed by atoms with van der Waals surface area (Å²) in [7, 11) is 1.54. The molecule has 0 saturated carbocycles. The van der Waals surface area contributed by atoms with E-state index in [1.54, 1.807) is 23.1 Å². The molecule has 2 amide bonds. The summed E-state index contributed by atoms with van der Waals surface area (Å²) in [6, 6.07) is 6.02. The van der Waals surface area contributed by atoms with Crippen LogP contribution in [0, 0.1) is 0 Å². The quantitative estimate of drug-likeness (QED) is 0.853. The van der Waals surface area contributed by atoms with Crippen molar-refractivity contribution in [3.8, 4) is 0 Å². The largest absolute Gasteiger partial charge is 0.478 e. The third-order valence-electron chi connectivity index (χ3n) is 3.40. The van der Waals surface area contributed by atoms with Crippen LogP contribution in [0.3, 0.4) is 0 Å². The molecule has 114 valence electrons. The topological polar surface area (TPSA) is 90.3 Å². The Balaban J connectivity index is 2.18. The van der Waals surface area contributed by atoms with Gasteiger partial charge in [-0.15, -0.1) is 0 Å². The first-order valence-corrected chi connectivity index (χ1v) is 6.62. The van der Waals surface area contributed by atoms with Gasteiger partial charge in [-0.1, -0.05) is 12.1 Å². The SMILES string of the molecule is CN(C(=O)N1CCOC(CO)C1)c1ccccc1C(=O)O. The molecule has 1 atom stereocenters. The molecule has 7 heteroatoms. The summed E-state index contributed by atoms with van der Waals surface area (Å²) >= 11 is 0. The van der Waals surface area contributed by atoms with E-state index in [1.165, 1.54) is 18.0 Å². The monoisotopic (exact) mass is 294 g/mol. The van der Waals surface area contributed by atoms with Crippen LogP contribution in [-0.2, 0) is 4.74 Å². The number of aliphatic hydroxyl groups excluding tert-OH is 1. The Bertz CT molecular complexity index is 534. The number of carboxylic acids is 1. The number of para-hydroxylation sites is 1. The zero-order valence-electron chi connectivity index (χ0n) is 11.7. The van der Waals surface area contributed by atoms with Crippen molar-refractivity contribution in [2.45, 2.75) is 6.10 Å². The van der Waals surface area contributed by atoms with Gasteiger partial charge in [0.05, 0.1) is 37.1 Å². The predicted molar refractivity (Wildman–Crippen MR) is 75.6 cm³/mol. The third kappa shape index (κ3) is 3.32. The molecule has 0 radical (unpaired) electrons. The van der Waals surface area contributed by atoms with E-state index < -0.39 is 12.1 Å². The second-order valence-corrected chi connectivity index (χ2v) is 4.79. The summed E-state index contributed by atoms with van der Waals surface area (Å²) < 4.78 is 5.30. The molecule has 7 nitrogen and oxygen atoms in total. The maximum absolute atomic E-state index is 12.5. The highest BCUT2D eigenvalue weighted by atomic mass is 16.5. The van der Waals surface area contributed by atoms with Gasteiger partial charge >= 0.3 is 12.0 Å². The van der Waals surface area contributed by atoms with Crippen LogP contribution in [0.15, 0.2) is 24.3 Å². The summed E-state index contributed by atoms with van der Waals surface area (Å²) in [5.41, 5.74) is 0.405. The molecule has 0 aromatic heterocycles. The van der Waals surface area contributed by atoms with E-state index in [4.69, 9.17) is 9.84 Å². The van der Waals surface area contributed by atoms with E-state index in [2.05, 4.69) is 0 Å². The maximum atomic E-state index is 12.5. The Morgan fingerprint density at radius 2 is 2.14 bits per heavy atom. The maximum Gasteiger partial charge on any atom is 0.337 e. The minimum Gasteiger partial charge on any atom is -0.478 e. The second-order valence-electron chi connectivity index (χ2n) is 4.79. The zero-order valence-corrected chi connectivity index (χ0v) is 11.7. The molecule has 0 aliphatic carbocycles. The first-order chi connectivity index (χ1) is 10.0. The van der Waals surface area contributed by atoms with Crippen molar-refractivity contribution < 1.29 is 24.5 Å². The Hall–Kier alpha value is -2.12. The Morgan fingerprint density at radius 1 is 1.43 bits per heavy atom. The van der Waals surface area contributed by atoms with E-state index >= 15 is 0 Å². The molecule has 21 heavy (non-hydrogen) atoms. The summed E-state index contributed by atoms with van der Waals surface area (Å²) in [6.07, 6.45) is -0.397. The number of nitrogens with zero attached hydrogens (tertiary/aromatic N) is 2. The van der Waals surface area contributed by atoms with Crippen LogP contribution >= 0.6 is 0 Å². The molecule has 0 spiro atoms. The smallest absolute Gasteiger partial charge is 0.337 e. The second kappa shape index (κ2) is 6.55. The molecule has 2 N–H and O–H groups in total. The summed E-state index contributed by atoms with van der Waals surface area (Å²) in [6.45, 7) is 0.897. The van der Waals surface area contributed by atoms with Crippen LogP contribution in [0.2, 0.25) is 0 Å². The average Bonchev–Trinajstić information content (AvgIpc) is 2.53. The number of hydrogen-bond acceptors (Lipinski definition) is 4. The Morgan fingerprint density at radius 3 is 2.81 bits per heavy atom. The molecular weight excluding hydrogens is 276 g/mol. The van der Waals surface area contributed by atoms with Crippen LogP contribution in [-0.4, -0.2) is 66.6 Å². The van der Waals surface area contributed by atoms with Gasteiger partial charge < -0.3 is 19.8 Å². The fourth-order valence-corrected chi connectivity index (χ4v) is 2.27. The van der Waals surface area contributed by atoms with Gasteiger partial charge in [0.2, 0.25) is 0 Å². The highest BCUT2D eigenvalue weighted by Gasteiger charge is 2.27. The summed E-state index contributed by atoms with van der Waals surface area (Å²) in [5, 5.41) is 18.3. The van der Waals surface area contributed by atoms with Gasteiger partial charge in [0.25, 0.3) is 0 Å². The molecule has 1 aromatic rings. The number of aliphatic hydroxyl groups is 1. The van der Waals surface area contributed by atoms with Crippen molar-refractivity contribution in [1.29, 1.82) is 0 Å². The number of ether oxygens (including phenoxy) is 1. The van der Waals surface area contributed by atoms with Gasteiger partial charge in [0.1, 0.15) is 0 Å². The Kier molecular flexibility index (Phi) is 4.77. The number of rotatable bonds is 3. The normalized spacial score (nSPS) is 18.4. The lowest BCUT2D eigenvalue weighted by Crippen LogP contribution is -2.51. The van der Waals surface area contributed by atoms with Crippen molar-refractivity contribution >= 4 is 17.7 Å². The van der Waals surface area contributed by atoms with Gasteiger partial charge in [-0.2, -0.15) is 0 Å². The standard InChI is InChI=1S/C14H18N2O5/c1-15(12-5-3-2-4-11(12)13(18)19)14(20)16-6-7-21-10(8-16)9-17/h2-5,10,17H,6-9H2,1H3,(H,18,19). The van der Waals surface area contributed by atoms with Crippen molar-refractivity contribution in [1.82, 2.24) is 4.90 Å². The minimum atomic E-state index is -1.08. The fourth-order valence-electron chi connectivity index (χ4n) is 2.27. The number of morpholine rings is 1. The lowest BCUT2D eigenvalue weighted by atomic mass is 10.1. The van der Waals surface area contributed by atoms with Gasteiger partial charge in [-0.25, -0.2) is 9.59 Å². The average molecular weight is 294 g/mol. The van der Waals surface area contributed by atoms with E-state index in [1.807, 2.05) is 0 Å². The van der Waals surface area contributed by atoms with Crippen LogP contribution in [0.25, 0.3) is 0 Å². The van der Waals surface area contributed by atoms with Crippen molar-refractivity contribution in [3.63, 3.8) is 0 Å². The Labute approximate surface area is 122 Å². The van der Waals surface area contributed by atoms with Crippen molar-refractivity contribution in [3.05, 3.63) is 29.8 Å². The van der Waals surface area contributed by atoms with E-state index in [-0.39, 0.29) is 24.7 Å². The number of amides is 2. The van der Waals surface area contributed by atoms with Gasteiger partial charge in [-0.05, 0) is 12.1 Å². The molecule has 0 bridgehead atoms. The molecular formula is C14H18N2O5. The number of benzene rings is 1. The molecule has 1 unspecified atom stereocenters. The van der Waals surface area contributed by atoms with Crippen molar-refractivity contribution in [2.24, 2.45) is 0 Å². The number of urea groups is 1. The first-order valence-electron chi connectivity index (χ1n) is 6.62. The molecule has 1 saturated heterocycles. The first kappa shape index (κ1) is 15.3. The summed E-state index contributed by atoms with van der Waals surface area (Å²) in [4.78, 5) is 26.5. The van der Waals surface area contributed by atoms with Gasteiger partial charge in [0, 0.05) is 13.6 Å². The van der Waals surface area contributed by atoms with Crippen LogP contribution in [0.5, 0.6) is 0 Å². The van der Waals surface area contributed by atoms with E-state index in [9.17, 15) is 14.7 Å². The molecule has 1 fully saturated rings. The van der Waals surface area contributed by atoms with E-state index in [0.29, 0.717) is 18.8 Å². The molecule has 1 aliphatic heterocycles. The highest BCUT2D eigenvalue weighted by molar-refractivity contribution is 6.01. The van der Waals surface area contributed by atoms with Gasteiger partial charge in [0.15, 0.2) is 0 Å². The number of anilines is 1. The number of carboxylic acid groups (broad SMARTS) is 1. The number of aromatic carboxylic acids is 1. The molecule has 2 rings (SSSR count). The number of carbonyl (C=O) groups excluding carboxylic acids is 1. The van der Waals surface area contributed by atoms with Crippen molar-refractivity contribution in [2.75, 3.05) is 38.3 Å². The van der Waals surface area contributed by atoms with Gasteiger partial charge in [-0.3, -0.25) is 4.90 Å². The predicted octanol–water partition coefficient (Wildman–Crippen LogP) is 0.634. The molecule has 1 heterocycles. The van der Waals surface area contributed by atoms with Crippen LogP contribution in [0.1, 0.15) is 10.4 Å². The molecule has 1 aliphatic rings. The lowest BCUT2D eigenvalue weighted by molar-refractivity contribution is -0.0394. The van der Waals surface area contributed by atoms with Crippen LogP contribution in [0.4, 0.5) is 10.5 Å². The fraction of sp³-hybridized carbons (Fsp3) is 0.429. The highest BCUT2D eigenvalue weighted by Crippen LogP contribution is 2.21. The zero-order chi connectivity index (χ0) is 15.4. The lowest BCUT2D eigenvalue weighted by Gasteiger charge is -2.35. The minimum absolute atomic E-state index is 0.0697. The van der Waals surface area contributed by atoms with Crippen LogP contribution < -0.4 is 4.90 Å². The van der Waals surface area contributed by atoms with E-state index in [0.717, 1.165) is 0 Å². The third-order valence-corrected chi connectivity index (χ3v) is 3.40. The number of carbonyl (C=O) groups is 2. The number of hydrogen-bond donors (Lipinski definition) is 2. The molecule has 1 aromatic carbocycles.